The first-order chi connectivity index (χ1) is 8.00. The van der Waals surface area contributed by atoms with Crippen LogP contribution in [-0.4, -0.2) is 10.8 Å². The number of aromatic nitrogens is 1. The fraction of sp³-hybridized carbons (Fsp3) is 0.167. The highest BCUT2D eigenvalue weighted by Crippen LogP contribution is 2.22. The van der Waals surface area contributed by atoms with Gasteiger partial charge in [-0.05, 0) is 25.5 Å². The molecule has 0 amide bonds. The highest BCUT2D eigenvalue weighted by Gasteiger charge is 2.21. The molecule has 17 heavy (non-hydrogen) atoms. The van der Waals surface area contributed by atoms with E-state index in [1.807, 2.05) is 0 Å². The summed E-state index contributed by atoms with van der Waals surface area (Å²) in [5.41, 5.74) is -0.260. The molecule has 0 atom stereocenters. The van der Waals surface area contributed by atoms with Crippen LogP contribution in [0.1, 0.15) is 25.8 Å². The Bertz CT molecular complexity index is 592. The van der Waals surface area contributed by atoms with Crippen molar-refractivity contribution < 1.29 is 13.6 Å². The van der Waals surface area contributed by atoms with Gasteiger partial charge in [0, 0.05) is 6.20 Å². The first-order valence-electron chi connectivity index (χ1n) is 4.92. The minimum absolute atomic E-state index is 0.242. The van der Waals surface area contributed by atoms with E-state index in [1.54, 1.807) is 6.92 Å². The number of halogens is 2. The molecule has 0 fully saturated rings. The Kier molecular flexibility index (Phi) is 3.02. The lowest BCUT2D eigenvalue weighted by molar-refractivity contribution is 0.103. The van der Waals surface area contributed by atoms with E-state index >= 15 is 0 Å². The van der Waals surface area contributed by atoms with Gasteiger partial charge >= 0.3 is 0 Å². The quantitative estimate of drug-likeness (QED) is 0.769. The third-order valence-electron chi connectivity index (χ3n) is 2.36. The molecule has 0 N–H and O–H groups in total. The van der Waals surface area contributed by atoms with Gasteiger partial charge in [0.1, 0.15) is 11.6 Å². The third-order valence-corrected chi connectivity index (χ3v) is 3.27. The maximum absolute atomic E-state index is 13.7. The molecule has 2 nitrogen and oxygen atoms in total. The highest BCUT2D eigenvalue weighted by molar-refractivity contribution is 7.13. The summed E-state index contributed by atoms with van der Waals surface area (Å²) in [7, 11) is 0. The van der Waals surface area contributed by atoms with E-state index in [2.05, 4.69) is 4.98 Å². The van der Waals surface area contributed by atoms with Crippen LogP contribution >= 0.6 is 11.3 Å². The lowest BCUT2D eigenvalue weighted by atomic mass is 10.1. The summed E-state index contributed by atoms with van der Waals surface area (Å²) in [5, 5.41) is 0.682. The highest BCUT2D eigenvalue weighted by atomic mass is 32.1. The van der Waals surface area contributed by atoms with Gasteiger partial charge in [0.05, 0.1) is 15.4 Å². The van der Waals surface area contributed by atoms with E-state index in [0.29, 0.717) is 5.01 Å². The van der Waals surface area contributed by atoms with Crippen LogP contribution in [0.15, 0.2) is 18.3 Å². The van der Waals surface area contributed by atoms with Crippen molar-refractivity contribution >= 4 is 17.1 Å². The Morgan fingerprint density at radius 2 is 2.00 bits per heavy atom. The van der Waals surface area contributed by atoms with Crippen LogP contribution in [0.4, 0.5) is 8.78 Å². The molecule has 5 heteroatoms. The summed E-state index contributed by atoms with van der Waals surface area (Å²) in [6.45, 7) is 3.22. The molecule has 0 aliphatic carbocycles. The smallest absolute Gasteiger partial charge is 0.210 e. The zero-order chi connectivity index (χ0) is 12.6. The zero-order valence-electron chi connectivity index (χ0n) is 9.25. The molecule has 2 rings (SSSR count). The number of thiazole rings is 1. The summed E-state index contributed by atoms with van der Waals surface area (Å²) >= 11 is 1.12. The molecule has 0 aliphatic rings. The molecule has 0 bridgehead atoms. The summed E-state index contributed by atoms with van der Waals surface area (Å²) in [5.74, 6) is -2.31. The van der Waals surface area contributed by atoms with E-state index in [1.165, 1.54) is 19.2 Å². The monoisotopic (exact) mass is 253 g/mol. The average molecular weight is 253 g/mol. The van der Waals surface area contributed by atoms with Crippen LogP contribution in [0.25, 0.3) is 0 Å². The van der Waals surface area contributed by atoms with E-state index in [-0.39, 0.29) is 10.4 Å². The van der Waals surface area contributed by atoms with Gasteiger partial charge in [-0.15, -0.1) is 11.3 Å². The molecular formula is C12H9F2NOS. The van der Waals surface area contributed by atoms with Gasteiger partial charge in [-0.1, -0.05) is 6.07 Å². The molecule has 0 spiro atoms. The molecule has 88 valence electrons. The third kappa shape index (κ3) is 2.10. The van der Waals surface area contributed by atoms with Crippen LogP contribution in [-0.2, 0) is 0 Å². The van der Waals surface area contributed by atoms with Crippen molar-refractivity contribution in [3.05, 3.63) is 51.0 Å². The topological polar surface area (TPSA) is 30.0 Å². The van der Waals surface area contributed by atoms with E-state index in [9.17, 15) is 13.6 Å². The number of benzene rings is 1. The Hall–Kier alpha value is -1.62. The van der Waals surface area contributed by atoms with Crippen molar-refractivity contribution in [3.8, 4) is 0 Å². The molecule has 1 aromatic carbocycles. The first-order valence-corrected chi connectivity index (χ1v) is 5.74. The lowest BCUT2D eigenvalue weighted by Crippen LogP contribution is -2.07. The summed E-state index contributed by atoms with van der Waals surface area (Å²) < 4.78 is 27.2. The van der Waals surface area contributed by atoms with Crippen molar-refractivity contribution in [1.82, 2.24) is 4.98 Å². The van der Waals surface area contributed by atoms with E-state index in [4.69, 9.17) is 0 Å². The normalized spacial score (nSPS) is 10.6. The average Bonchev–Trinajstić information content (AvgIpc) is 2.71. The van der Waals surface area contributed by atoms with Crippen LogP contribution in [0.5, 0.6) is 0 Å². The van der Waals surface area contributed by atoms with Gasteiger partial charge in [-0.2, -0.15) is 0 Å². The fourth-order valence-electron chi connectivity index (χ4n) is 1.45. The second-order valence-corrected chi connectivity index (χ2v) is 4.86. The Labute approximate surface area is 101 Å². The van der Waals surface area contributed by atoms with Gasteiger partial charge in [0.15, 0.2) is 0 Å². The number of hydrogen-bond acceptors (Lipinski definition) is 3. The van der Waals surface area contributed by atoms with Crippen LogP contribution in [0.3, 0.4) is 0 Å². The fourth-order valence-corrected chi connectivity index (χ4v) is 2.18. The number of rotatable bonds is 2. The number of hydrogen-bond donors (Lipinski definition) is 0. The van der Waals surface area contributed by atoms with E-state index < -0.39 is 23.0 Å². The summed E-state index contributed by atoms with van der Waals surface area (Å²) in [4.78, 5) is 16.1. The predicted octanol–water partition coefficient (Wildman–Crippen LogP) is 3.27. The minimum atomic E-state index is -0.843. The van der Waals surface area contributed by atoms with Crippen LogP contribution < -0.4 is 0 Å². The van der Waals surface area contributed by atoms with Crippen molar-refractivity contribution in [2.24, 2.45) is 0 Å². The van der Waals surface area contributed by atoms with Crippen LogP contribution in [0.2, 0.25) is 0 Å². The first kappa shape index (κ1) is 11.9. The number of carbonyl (C=O) groups is 1. The largest absolute Gasteiger partial charge is 0.287 e. The Balaban J connectivity index is 2.54. The molecule has 0 aliphatic heterocycles. The van der Waals surface area contributed by atoms with Crippen molar-refractivity contribution in [3.63, 3.8) is 0 Å². The number of ketones is 1. The second kappa shape index (κ2) is 4.33. The molecule has 1 heterocycles. The van der Waals surface area contributed by atoms with Gasteiger partial charge < -0.3 is 0 Å². The molecule has 0 saturated heterocycles. The van der Waals surface area contributed by atoms with Crippen LogP contribution in [0, 0.1) is 25.5 Å². The molecular weight excluding hydrogens is 244 g/mol. The molecule has 0 radical (unpaired) electrons. The Morgan fingerprint density at radius 1 is 1.29 bits per heavy atom. The predicted molar refractivity (Wildman–Crippen MR) is 61.4 cm³/mol. The molecule has 1 aromatic heterocycles. The summed E-state index contributed by atoms with van der Waals surface area (Å²) in [6, 6.07) is 2.40. The Morgan fingerprint density at radius 3 is 2.59 bits per heavy atom. The number of carbonyl (C=O) groups excluding carboxylic acids is 1. The number of aryl methyl sites for hydroxylation is 2. The van der Waals surface area contributed by atoms with Gasteiger partial charge in [-0.3, -0.25) is 4.79 Å². The standard InChI is InChI=1S/C12H9F2NOS/c1-6-3-4-8(13)10(11(6)14)12(16)9-5-15-7(2)17-9/h3-5H,1-2H3. The maximum Gasteiger partial charge on any atom is 0.210 e. The number of nitrogens with zero attached hydrogens (tertiary/aromatic N) is 1. The lowest BCUT2D eigenvalue weighted by Gasteiger charge is -2.04. The molecule has 0 saturated carbocycles. The van der Waals surface area contributed by atoms with Gasteiger partial charge in [0.25, 0.3) is 0 Å². The van der Waals surface area contributed by atoms with Crippen molar-refractivity contribution in [2.45, 2.75) is 13.8 Å². The maximum atomic E-state index is 13.7. The van der Waals surface area contributed by atoms with Gasteiger partial charge in [0.2, 0.25) is 5.78 Å². The summed E-state index contributed by atoms with van der Waals surface area (Å²) in [6.07, 6.45) is 1.34. The van der Waals surface area contributed by atoms with Crippen molar-refractivity contribution in [2.75, 3.05) is 0 Å². The second-order valence-electron chi connectivity index (χ2n) is 3.63. The molecule has 2 aromatic rings. The SMILES string of the molecule is Cc1ncc(C(=O)c2c(F)ccc(C)c2F)s1. The van der Waals surface area contributed by atoms with E-state index in [0.717, 1.165) is 17.4 Å². The van der Waals surface area contributed by atoms with Crippen molar-refractivity contribution in [1.29, 1.82) is 0 Å². The minimum Gasteiger partial charge on any atom is -0.287 e. The van der Waals surface area contributed by atoms with Gasteiger partial charge in [-0.25, -0.2) is 13.8 Å². The zero-order valence-corrected chi connectivity index (χ0v) is 10.1. The molecule has 0 unspecified atom stereocenters.